The average Bonchev–Trinajstić information content (AvgIpc) is 3.28. The van der Waals surface area contributed by atoms with Crippen LogP contribution >= 0.6 is 0 Å². The lowest BCUT2D eigenvalue weighted by molar-refractivity contribution is -0.125. The van der Waals surface area contributed by atoms with Gasteiger partial charge in [-0.25, -0.2) is 0 Å². The van der Waals surface area contributed by atoms with E-state index in [0.717, 1.165) is 24.4 Å². The summed E-state index contributed by atoms with van der Waals surface area (Å²) in [4.78, 5) is 14.7. The third-order valence-electron chi connectivity index (χ3n) is 5.56. The third-order valence-corrected chi connectivity index (χ3v) is 5.56. The number of carbonyl (C=O) groups is 1. The second-order valence-corrected chi connectivity index (χ2v) is 7.05. The first-order chi connectivity index (χ1) is 8.79. The highest BCUT2D eigenvalue weighted by molar-refractivity contribution is 5.79. The number of rotatable bonds is 4. The maximum Gasteiger partial charge on any atom is 0.223 e. The second kappa shape index (κ2) is 4.22. The summed E-state index contributed by atoms with van der Waals surface area (Å²) in [5, 5.41) is 3.22. The van der Waals surface area contributed by atoms with Gasteiger partial charge in [0.15, 0.2) is 0 Å². The zero-order valence-corrected chi connectivity index (χ0v) is 11.1. The van der Waals surface area contributed by atoms with Crippen molar-refractivity contribution in [3.63, 3.8) is 0 Å². The zero-order valence-electron chi connectivity index (χ0n) is 11.1. The van der Waals surface area contributed by atoms with Gasteiger partial charge in [-0.15, -0.1) is 0 Å². The third kappa shape index (κ3) is 2.18. The highest BCUT2D eigenvalue weighted by Crippen LogP contribution is 2.54. The van der Waals surface area contributed by atoms with Gasteiger partial charge in [0.1, 0.15) is 0 Å². The Morgan fingerprint density at radius 2 is 1.89 bits per heavy atom. The molecule has 4 rings (SSSR count). The van der Waals surface area contributed by atoms with E-state index in [0.29, 0.717) is 17.7 Å². The minimum atomic E-state index is 0.354. The number of nitrogens with one attached hydrogen (secondary N) is 1. The summed E-state index contributed by atoms with van der Waals surface area (Å²) in [6.07, 6.45) is 7.86. The molecule has 0 aromatic carbocycles. The van der Waals surface area contributed by atoms with Crippen LogP contribution in [0.4, 0.5) is 0 Å². The van der Waals surface area contributed by atoms with Gasteiger partial charge in [-0.3, -0.25) is 4.79 Å². The van der Waals surface area contributed by atoms with E-state index in [9.17, 15) is 4.79 Å². The van der Waals surface area contributed by atoms with E-state index in [-0.39, 0.29) is 0 Å². The van der Waals surface area contributed by atoms with Gasteiger partial charge in [0.2, 0.25) is 5.91 Å². The maximum absolute atomic E-state index is 12.1. The van der Waals surface area contributed by atoms with Crippen LogP contribution in [0.5, 0.6) is 0 Å². The molecule has 3 unspecified atom stereocenters. The predicted octanol–water partition coefficient (Wildman–Crippen LogP) is 1.63. The molecule has 3 nitrogen and oxygen atoms in total. The molecule has 0 aromatic heterocycles. The molecule has 1 amide bonds. The lowest BCUT2D eigenvalue weighted by atomic mass is 10.0. The molecular weight excluding hydrogens is 224 g/mol. The van der Waals surface area contributed by atoms with Crippen molar-refractivity contribution < 1.29 is 4.79 Å². The normalized spacial score (nSPS) is 42.9. The molecule has 1 N–H and O–H groups in total. The van der Waals surface area contributed by atoms with E-state index in [2.05, 4.69) is 10.2 Å². The zero-order chi connectivity index (χ0) is 12.1. The molecule has 18 heavy (non-hydrogen) atoms. The van der Waals surface area contributed by atoms with Crippen LogP contribution in [0.25, 0.3) is 0 Å². The predicted molar refractivity (Wildman–Crippen MR) is 70.0 cm³/mol. The number of likely N-dealkylation sites (tertiary alicyclic amines) is 1. The summed E-state index contributed by atoms with van der Waals surface area (Å²) >= 11 is 0. The van der Waals surface area contributed by atoms with Crippen LogP contribution in [0, 0.1) is 23.7 Å². The highest BCUT2D eigenvalue weighted by atomic mass is 16.1. The van der Waals surface area contributed by atoms with Gasteiger partial charge in [0, 0.05) is 25.0 Å². The molecular formula is C15H24N2O. The standard InChI is InChI=1S/C15H24N2O/c18-15(13-6-11-5-12(11)7-13)16-8-10-3-4-17(9-10)14-1-2-14/h10-14H,1-9H2,(H,16,18). The van der Waals surface area contributed by atoms with Gasteiger partial charge in [0.25, 0.3) is 0 Å². The fraction of sp³-hybridized carbons (Fsp3) is 0.933. The first-order valence-electron chi connectivity index (χ1n) is 7.81. The molecule has 100 valence electrons. The Labute approximate surface area is 109 Å². The van der Waals surface area contributed by atoms with Crippen LogP contribution < -0.4 is 5.32 Å². The monoisotopic (exact) mass is 248 g/mol. The van der Waals surface area contributed by atoms with Crippen molar-refractivity contribution in [2.24, 2.45) is 23.7 Å². The largest absolute Gasteiger partial charge is 0.356 e. The summed E-state index contributed by atoms with van der Waals surface area (Å²) < 4.78 is 0. The smallest absolute Gasteiger partial charge is 0.223 e. The highest BCUT2D eigenvalue weighted by Gasteiger charge is 2.48. The second-order valence-electron chi connectivity index (χ2n) is 7.05. The molecule has 0 radical (unpaired) electrons. The lowest BCUT2D eigenvalue weighted by Gasteiger charge is -2.17. The van der Waals surface area contributed by atoms with Crippen molar-refractivity contribution in [2.75, 3.05) is 19.6 Å². The molecule has 1 saturated heterocycles. The van der Waals surface area contributed by atoms with Crippen molar-refractivity contribution in [1.29, 1.82) is 0 Å². The van der Waals surface area contributed by atoms with Crippen molar-refractivity contribution in [1.82, 2.24) is 10.2 Å². The number of amides is 1. The number of nitrogens with zero attached hydrogens (tertiary/aromatic N) is 1. The number of fused-ring (bicyclic) bond motifs is 1. The number of hydrogen-bond donors (Lipinski definition) is 1. The Morgan fingerprint density at radius 3 is 2.61 bits per heavy atom. The van der Waals surface area contributed by atoms with Crippen LogP contribution in [-0.2, 0) is 4.79 Å². The first kappa shape index (κ1) is 11.3. The van der Waals surface area contributed by atoms with Gasteiger partial charge < -0.3 is 10.2 Å². The number of carbonyl (C=O) groups excluding carboxylic acids is 1. The summed E-state index contributed by atoms with van der Waals surface area (Å²) in [7, 11) is 0. The molecule has 3 saturated carbocycles. The van der Waals surface area contributed by atoms with Gasteiger partial charge in [-0.1, -0.05) is 0 Å². The van der Waals surface area contributed by atoms with Crippen molar-refractivity contribution in [3.8, 4) is 0 Å². The van der Waals surface area contributed by atoms with Crippen LogP contribution in [0.1, 0.15) is 38.5 Å². The van der Waals surface area contributed by atoms with Crippen LogP contribution in [-0.4, -0.2) is 36.5 Å². The minimum Gasteiger partial charge on any atom is -0.356 e. The minimum absolute atomic E-state index is 0.354. The van der Waals surface area contributed by atoms with E-state index in [1.54, 1.807) is 0 Å². The summed E-state index contributed by atoms with van der Waals surface area (Å²) in [5.41, 5.74) is 0. The Balaban J connectivity index is 1.20. The lowest BCUT2D eigenvalue weighted by Crippen LogP contribution is -2.35. The molecule has 3 atom stereocenters. The fourth-order valence-electron chi connectivity index (χ4n) is 4.12. The van der Waals surface area contributed by atoms with Gasteiger partial charge in [-0.2, -0.15) is 0 Å². The first-order valence-corrected chi connectivity index (χ1v) is 7.81. The molecule has 1 heterocycles. The Hall–Kier alpha value is -0.570. The fourth-order valence-corrected chi connectivity index (χ4v) is 4.12. The summed E-state index contributed by atoms with van der Waals surface area (Å²) in [6.45, 7) is 3.41. The Kier molecular flexibility index (Phi) is 2.65. The quantitative estimate of drug-likeness (QED) is 0.820. The Morgan fingerprint density at radius 1 is 1.11 bits per heavy atom. The molecule has 1 aliphatic heterocycles. The molecule has 4 fully saturated rings. The van der Waals surface area contributed by atoms with Gasteiger partial charge in [0.05, 0.1) is 0 Å². The van der Waals surface area contributed by atoms with E-state index in [1.165, 1.54) is 51.6 Å². The molecule has 0 spiro atoms. The molecule has 0 bridgehead atoms. The molecule has 3 aliphatic carbocycles. The van der Waals surface area contributed by atoms with Crippen LogP contribution in [0.3, 0.4) is 0 Å². The Bertz CT molecular complexity index is 342. The average molecular weight is 248 g/mol. The maximum atomic E-state index is 12.1. The molecule has 4 aliphatic rings. The van der Waals surface area contributed by atoms with Crippen molar-refractivity contribution in [2.45, 2.75) is 44.6 Å². The van der Waals surface area contributed by atoms with E-state index in [1.807, 2.05) is 0 Å². The van der Waals surface area contributed by atoms with Crippen molar-refractivity contribution in [3.05, 3.63) is 0 Å². The van der Waals surface area contributed by atoms with Crippen LogP contribution in [0.15, 0.2) is 0 Å². The summed E-state index contributed by atoms with van der Waals surface area (Å²) in [5.74, 6) is 3.25. The molecule has 0 aromatic rings. The van der Waals surface area contributed by atoms with Crippen LogP contribution in [0.2, 0.25) is 0 Å². The van der Waals surface area contributed by atoms with Crippen molar-refractivity contribution >= 4 is 5.91 Å². The van der Waals surface area contributed by atoms with E-state index >= 15 is 0 Å². The molecule has 3 heteroatoms. The SMILES string of the molecule is O=C(NCC1CCN(C2CC2)C1)C1CC2CC2C1. The number of hydrogen-bond acceptors (Lipinski definition) is 2. The summed E-state index contributed by atoms with van der Waals surface area (Å²) in [6, 6.07) is 0.896. The topological polar surface area (TPSA) is 32.3 Å². The van der Waals surface area contributed by atoms with Gasteiger partial charge in [-0.05, 0) is 62.8 Å². The van der Waals surface area contributed by atoms with E-state index in [4.69, 9.17) is 0 Å². The van der Waals surface area contributed by atoms with Gasteiger partial charge >= 0.3 is 0 Å². The van der Waals surface area contributed by atoms with E-state index < -0.39 is 0 Å².